The highest BCUT2D eigenvalue weighted by molar-refractivity contribution is 4.88. The molecular formula is C11H20N2. The Kier molecular flexibility index (Phi) is 2.06. The van der Waals surface area contributed by atoms with Crippen molar-refractivity contribution in [2.75, 3.05) is 32.7 Å². The summed E-state index contributed by atoms with van der Waals surface area (Å²) in [7, 11) is 0. The van der Waals surface area contributed by atoms with Gasteiger partial charge in [-0.1, -0.05) is 0 Å². The molecule has 0 atom stereocenters. The van der Waals surface area contributed by atoms with Crippen LogP contribution in [0.1, 0.15) is 25.7 Å². The lowest BCUT2D eigenvalue weighted by molar-refractivity contribution is 0.177. The first kappa shape index (κ1) is 8.25. The van der Waals surface area contributed by atoms with Crippen LogP contribution in [0.3, 0.4) is 0 Å². The lowest BCUT2D eigenvalue weighted by Crippen LogP contribution is -2.38. The molecule has 4 rings (SSSR count). The lowest BCUT2D eigenvalue weighted by atomic mass is 10.1. The molecule has 2 heteroatoms. The van der Waals surface area contributed by atoms with E-state index in [1.807, 2.05) is 0 Å². The van der Waals surface area contributed by atoms with E-state index in [-0.39, 0.29) is 0 Å². The van der Waals surface area contributed by atoms with Gasteiger partial charge < -0.3 is 4.90 Å². The van der Waals surface area contributed by atoms with Gasteiger partial charge in [-0.3, -0.25) is 4.90 Å². The average molecular weight is 180 g/mol. The summed E-state index contributed by atoms with van der Waals surface area (Å²) in [4.78, 5) is 5.42. The van der Waals surface area contributed by atoms with E-state index in [0.29, 0.717) is 0 Å². The zero-order chi connectivity index (χ0) is 8.67. The second kappa shape index (κ2) is 3.25. The summed E-state index contributed by atoms with van der Waals surface area (Å²) in [5.41, 5.74) is 0. The molecule has 0 aromatic heterocycles. The number of nitrogens with zero attached hydrogens (tertiary/aromatic N) is 2. The van der Waals surface area contributed by atoms with Crippen LogP contribution in [0.2, 0.25) is 0 Å². The molecule has 4 aliphatic rings. The molecule has 2 bridgehead atoms. The maximum atomic E-state index is 2.78. The quantitative estimate of drug-likeness (QED) is 0.629. The Morgan fingerprint density at radius 3 is 2.31 bits per heavy atom. The second-order valence-electron chi connectivity index (χ2n) is 5.01. The Balaban J connectivity index is 1.64. The van der Waals surface area contributed by atoms with Crippen LogP contribution in [-0.2, 0) is 0 Å². The average Bonchev–Trinajstić information content (AvgIpc) is 2.97. The SMILES string of the molecule is C1CC1CN1CCN2CCC1CC2. The molecule has 1 aliphatic carbocycles. The first-order valence-electron chi connectivity index (χ1n) is 5.88. The summed E-state index contributed by atoms with van der Waals surface area (Å²) in [5.74, 6) is 1.08. The molecule has 0 amide bonds. The molecule has 0 spiro atoms. The molecule has 13 heavy (non-hydrogen) atoms. The Labute approximate surface area is 80.9 Å². The van der Waals surface area contributed by atoms with Crippen LogP contribution >= 0.6 is 0 Å². The van der Waals surface area contributed by atoms with Gasteiger partial charge in [-0.15, -0.1) is 0 Å². The van der Waals surface area contributed by atoms with Crippen LogP contribution in [0, 0.1) is 5.92 Å². The van der Waals surface area contributed by atoms with Crippen LogP contribution in [0.25, 0.3) is 0 Å². The highest BCUT2D eigenvalue weighted by atomic mass is 15.3. The fourth-order valence-electron chi connectivity index (χ4n) is 2.83. The van der Waals surface area contributed by atoms with Crippen molar-refractivity contribution in [1.29, 1.82) is 0 Å². The van der Waals surface area contributed by atoms with Gasteiger partial charge in [0.05, 0.1) is 0 Å². The minimum absolute atomic E-state index is 0.944. The molecule has 0 unspecified atom stereocenters. The highest BCUT2D eigenvalue weighted by Gasteiger charge is 2.32. The largest absolute Gasteiger partial charge is 0.302 e. The Morgan fingerprint density at radius 1 is 0.846 bits per heavy atom. The van der Waals surface area contributed by atoms with Crippen molar-refractivity contribution in [2.45, 2.75) is 31.7 Å². The molecule has 3 heterocycles. The van der Waals surface area contributed by atoms with E-state index in [1.54, 1.807) is 0 Å². The van der Waals surface area contributed by atoms with E-state index < -0.39 is 0 Å². The molecule has 0 N–H and O–H groups in total. The third kappa shape index (κ3) is 1.75. The number of hydrogen-bond donors (Lipinski definition) is 0. The van der Waals surface area contributed by atoms with Crippen molar-refractivity contribution in [1.82, 2.24) is 9.80 Å². The molecule has 0 aromatic rings. The number of hydrogen-bond acceptors (Lipinski definition) is 2. The van der Waals surface area contributed by atoms with Crippen LogP contribution in [0.5, 0.6) is 0 Å². The van der Waals surface area contributed by atoms with Crippen LogP contribution in [0.4, 0.5) is 0 Å². The van der Waals surface area contributed by atoms with Crippen molar-refractivity contribution in [3.05, 3.63) is 0 Å². The Hall–Kier alpha value is -0.0800. The summed E-state index contributed by atoms with van der Waals surface area (Å²) in [6.45, 7) is 6.83. The summed E-state index contributed by atoms with van der Waals surface area (Å²) < 4.78 is 0. The van der Waals surface area contributed by atoms with E-state index in [9.17, 15) is 0 Å². The third-order valence-corrected chi connectivity index (χ3v) is 3.97. The number of fused-ring (bicyclic) bond motifs is 4. The summed E-state index contributed by atoms with van der Waals surface area (Å²) in [6, 6.07) is 0.944. The third-order valence-electron chi connectivity index (χ3n) is 3.97. The van der Waals surface area contributed by atoms with Crippen molar-refractivity contribution < 1.29 is 0 Å². The van der Waals surface area contributed by atoms with Gasteiger partial charge in [-0.05, 0) is 44.7 Å². The van der Waals surface area contributed by atoms with Gasteiger partial charge in [0.15, 0.2) is 0 Å². The van der Waals surface area contributed by atoms with Gasteiger partial charge in [0, 0.05) is 25.7 Å². The molecule has 0 aromatic carbocycles. The monoisotopic (exact) mass is 180 g/mol. The Bertz CT molecular complexity index is 181. The van der Waals surface area contributed by atoms with Gasteiger partial charge in [0.25, 0.3) is 0 Å². The second-order valence-corrected chi connectivity index (χ2v) is 5.01. The van der Waals surface area contributed by atoms with E-state index in [0.717, 1.165) is 12.0 Å². The summed E-state index contributed by atoms with van der Waals surface area (Å²) >= 11 is 0. The van der Waals surface area contributed by atoms with Gasteiger partial charge in [-0.2, -0.15) is 0 Å². The van der Waals surface area contributed by atoms with Crippen LogP contribution in [0.15, 0.2) is 0 Å². The maximum absolute atomic E-state index is 2.78. The zero-order valence-corrected chi connectivity index (χ0v) is 8.41. The molecule has 2 nitrogen and oxygen atoms in total. The normalized spacial score (nSPS) is 40.6. The summed E-state index contributed by atoms with van der Waals surface area (Å²) in [6.07, 6.45) is 5.89. The molecular weight excluding hydrogens is 160 g/mol. The van der Waals surface area contributed by atoms with Crippen molar-refractivity contribution in [2.24, 2.45) is 5.92 Å². The van der Waals surface area contributed by atoms with Gasteiger partial charge in [-0.25, -0.2) is 0 Å². The predicted octanol–water partition coefficient (Wildman–Crippen LogP) is 1.18. The van der Waals surface area contributed by atoms with Crippen molar-refractivity contribution in [3.8, 4) is 0 Å². The fourth-order valence-corrected chi connectivity index (χ4v) is 2.83. The van der Waals surface area contributed by atoms with E-state index in [4.69, 9.17) is 0 Å². The zero-order valence-electron chi connectivity index (χ0n) is 8.41. The van der Waals surface area contributed by atoms with Gasteiger partial charge >= 0.3 is 0 Å². The minimum atomic E-state index is 0.944. The predicted molar refractivity (Wildman–Crippen MR) is 53.8 cm³/mol. The maximum Gasteiger partial charge on any atom is 0.0120 e. The van der Waals surface area contributed by atoms with Crippen molar-refractivity contribution in [3.63, 3.8) is 0 Å². The van der Waals surface area contributed by atoms with Crippen LogP contribution in [-0.4, -0.2) is 48.6 Å². The molecule has 4 fully saturated rings. The van der Waals surface area contributed by atoms with Gasteiger partial charge in [0.2, 0.25) is 0 Å². The first-order chi connectivity index (χ1) is 6.42. The van der Waals surface area contributed by atoms with Crippen LogP contribution < -0.4 is 0 Å². The fraction of sp³-hybridized carbons (Fsp3) is 1.00. The van der Waals surface area contributed by atoms with Crippen molar-refractivity contribution >= 4 is 0 Å². The first-order valence-corrected chi connectivity index (χ1v) is 5.88. The molecule has 0 radical (unpaired) electrons. The standard InChI is InChI=1S/C11H20N2/c1-2-10(1)9-13-8-7-12-5-3-11(13)4-6-12/h10-11H,1-9H2. The highest BCUT2D eigenvalue weighted by Crippen LogP contribution is 2.32. The smallest absolute Gasteiger partial charge is 0.0120 e. The molecule has 1 saturated carbocycles. The molecule has 74 valence electrons. The molecule has 3 aliphatic heterocycles. The lowest BCUT2D eigenvalue weighted by Gasteiger charge is -2.31. The summed E-state index contributed by atoms with van der Waals surface area (Å²) in [5, 5.41) is 0. The minimum Gasteiger partial charge on any atom is -0.302 e. The Morgan fingerprint density at radius 2 is 1.62 bits per heavy atom. The topological polar surface area (TPSA) is 6.48 Å². The number of piperidine rings is 1. The van der Waals surface area contributed by atoms with E-state index >= 15 is 0 Å². The molecule has 3 saturated heterocycles. The van der Waals surface area contributed by atoms with E-state index in [2.05, 4.69) is 9.80 Å². The van der Waals surface area contributed by atoms with E-state index in [1.165, 1.54) is 58.4 Å². The van der Waals surface area contributed by atoms with Gasteiger partial charge in [0.1, 0.15) is 0 Å². The number of rotatable bonds is 2.